The van der Waals surface area contributed by atoms with E-state index in [4.69, 9.17) is 5.73 Å². The van der Waals surface area contributed by atoms with Gasteiger partial charge < -0.3 is 10.8 Å². The van der Waals surface area contributed by atoms with E-state index in [-0.39, 0.29) is 18.2 Å². The number of aliphatic hydroxyl groups excluding tert-OH is 1. The van der Waals surface area contributed by atoms with Crippen LogP contribution in [0, 0.1) is 5.82 Å². The summed E-state index contributed by atoms with van der Waals surface area (Å²) in [6.45, 7) is 0. The minimum atomic E-state index is -0.763. The molecular formula is C15H16BrClFNO. The Balaban J connectivity index is 0.00000200. The van der Waals surface area contributed by atoms with Crippen molar-refractivity contribution >= 4 is 28.3 Å². The minimum Gasteiger partial charge on any atom is -0.391 e. The molecule has 0 unspecified atom stereocenters. The second-order valence-electron chi connectivity index (χ2n) is 4.43. The lowest BCUT2D eigenvalue weighted by Gasteiger charge is -2.20. The summed E-state index contributed by atoms with van der Waals surface area (Å²) in [4.78, 5) is 0. The smallest absolute Gasteiger partial charge is 0.137 e. The number of hydrogen-bond donors (Lipinski definition) is 2. The van der Waals surface area contributed by atoms with Crippen LogP contribution < -0.4 is 5.73 Å². The third kappa shape index (κ3) is 4.03. The quantitative estimate of drug-likeness (QED) is 0.875. The van der Waals surface area contributed by atoms with E-state index in [1.165, 1.54) is 6.07 Å². The first-order valence-electron chi connectivity index (χ1n) is 6.01. The fraction of sp³-hybridized carbons (Fsp3) is 0.200. The lowest BCUT2D eigenvalue weighted by Crippen LogP contribution is -2.28. The van der Waals surface area contributed by atoms with Gasteiger partial charge in [-0.3, -0.25) is 0 Å². The van der Waals surface area contributed by atoms with Crippen LogP contribution in [0.5, 0.6) is 0 Å². The van der Waals surface area contributed by atoms with Crippen LogP contribution in [0.15, 0.2) is 53.0 Å². The number of hydrogen-bond acceptors (Lipinski definition) is 2. The van der Waals surface area contributed by atoms with Gasteiger partial charge in [0.1, 0.15) is 5.82 Å². The highest BCUT2D eigenvalue weighted by Gasteiger charge is 2.20. The van der Waals surface area contributed by atoms with Crippen LogP contribution in [0.3, 0.4) is 0 Å². The van der Waals surface area contributed by atoms with Crippen LogP contribution in [0.1, 0.15) is 17.2 Å². The molecule has 0 aromatic heterocycles. The molecule has 20 heavy (non-hydrogen) atoms. The highest BCUT2D eigenvalue weighted by Crippen LogP contribution is 2.27. The van der Waals surface area contributed by atoms with E-state index in [0.29, 0.717) is 16.5 Å². The fourth-order valence-corrected chi connectivity index (χ4v) is 2.50. The molecule has 2 nitrogen and oxygen atoms in total. The van der Waals surface area contributed by atoms with Crippen LogP contribution in [-0.2, 0) is 6.42 Å². The summed E-state index contributed by atoms with van der Waals surface area (Å²) in [7, 11) is 0. The molecule has 0 aliphatic rings. The normalized spacial score (nSPS) is 13.4. The Labute approximate surface area is 132 Å². The van der Waals surface area contributed by atoms with Gasteiger partial charge in [0.2, 0.25) is 0 Å². The van der Waals surface area contributed by atoms with Crippen LogP contribution in [-0.4, -0.2) is 11.2 Å². The van der Waals surface area contributed by atoms with Gasteiger partial charge in [-0.05, 0) is 33.1 Å². The lowest BCUT2D eigenvalue weighted by atomic mass is 9.97. The summed E-state index contributed by atoms with van der Waals surface area (Å²) in [5.41, 5.74) is 7.58. The van der Waals surface area contributed by atoms with Gasteiger partial charge in [0, 0.05) is 6.42 Å². The van der Waals surface area contributed by atoms with Gasteiger partial charge in [0.15, 0.2) is 0 Å². The second-order valence-corrected chi connectivity index (χ2v) is 5.22. The van der Waals surface area contributed by atoms with Crippen molar-refractivity contribution in [1.82, 2.24) is 0 Å². The Morgan fingerprint density at radius 3 is 2.40 bits per heavy atom. The summed E-state index contributed by atoms with van der Waals surface area (Å²) >= 11 is 3.17. The van der Waals surface area contributed by atoms with Gasteiger partial charge >= 0.3 is 0 Å². The van der Waals surface area contributed by atoms with Crippen LogP contribution in [0.2, 0.25) is 0 Å². The predicted molar refractivity (Wildman–Crippen MR) is 84.4 cm³/mol. The number of nitrogens with two attached hydrogens (primary N) is 1. The van der Waals surface area contributed by atoms with Crippen molar-refractivity contribution in [2.75, 3.05) is 0 Å². The van der Waals surface area contributed by atoms with Crippen molar-refractivity contribution in [1.29, 1.82) is 0 Å². The molecule has 0 saturated heterocycles. The predicted octanol–water partition coefficient (Wildman–Crippen LogP) is 3.61. The zero-order chi connectivity index (χ0) is 13.8. The van der Waals surface area contributed by atoms with E-state index in [9.17, 15) is 9.50 Å². The van der Waals surface area contributed by atoms with Gasteiger partial charge in [-0.15, -0.1) is 12.4 Å². The van der Waals surface area contributed by atoms with E-state index in [1.807, 2.05) is 30.3 Å². The van der Waals surface area contributed by atoms with Crippen LogP contribution >= 0.6 is 28.3 Å². The van der Waals surface area contributed by atoms with Gasteiger partial charge in [-0.25, -0.2) is 4.39 Å². The van der Waals surface area contributed by atoms with E-state index in [1.54, 1.807) is 12.1 Å². The second kappa shape index (κ2) is 7.74. The summed E-state index contributed by atoms with van der Waals surface area (Å²) in [5.74, 6) is -0.375. The maximum absolute atomic E-state index is 13.4. The minimum absolute atomic E-state index is 0. The third-order valence-corrected chi connectivity index (χ3v) is 3.88. The summed E-state index contributed by atoms with van der Waals surface area (Å²) in [6.07, 6.45) is -0.328. The SMILES string of the molecule is Cl.N[C@H](c1cccc(F)c1Br)[C@@H](O)Cc1ccccc1. The first-order chi connectivity index (χ1) is 9.09. The van der Waals surface area contributed by atoms with Crippen molar-refractivity contribution in [3.8, 4) is 0 Å². The Morgan fingerprint density at radius 1 is 1.10 bits per heavy atom. The molecule has 0 saturated carbocycles. The standard InChI is InChI=1S/C15H15BrFNO.ClH/c16-14-11(7-4-8-12(14)17)15(18)13(19)9-10-5-2-1-3-6-10;/h1-8,13,15,19H,9,18H2;1H/t13-,15+;/m0./s1. The van der Waals surface area contributed by atoms with E-state index in [0.717, 1.165) is 5.56 Å². The largest absolute Gasteiger partial charge is 0.391 e. The van der Waals surface area contributed by atoms with Crippen molar-refractivity contribution in [3.63, 3.8) is 0 Å². The summed E-state index contributed by atoms with van der Waals surface area (Å²) in [6, 6.07) is 13.6. The number of halogens is 3. The topological polar surface area (TPSA) is 46.2 Å². The van der Waals surface area contributed by atoms with Crippen molar-refractivity contribution in [2.45, 2.75) is 18.6 Å². The molecule has 0 fully saturated rings. The lowest BCUT2D eigenvalue weighted by molar-refractivity contribution is 0.144. The molecule has 0 radical (unpaired) electrons. The fourth-order valence-electron chi connectivity index (χ4n) is 1.97. The Bertz CT molecular complexity index is 553. The molecular weight excluding hydrogens is 345 g/mol. The number of aliphatic hydroxyl groups is 1. The molecule has 2 atom stereocenters. The average molecular weight is 361 g/mol. The average Bonchev–Trinajstić information content (AvgIpc) is 2.42. The van der Waals surface area contributed by atoms with E-state index >= 15 is 0 Å². The van der Waals surface area contributed by atoms with E-state index in [2.05, 4.69) is 15.9 Å². The molecule has 0 spiro atoms. The molecule has 0 amide bonds. The molecule has 5 heteroatoms. The van der Waals surface area contributed by atoms with Gasteiger partial charge in [-0.2, -0.15) is 0 Å². The molecule has 2 aromatic carbocycles. The number of rotatable bonds is 4. The molecule has 0 bridgehead atoms. The van der Waals surface area contributed by atoms with E-state index < -0.39 is 12.1 Å². The first kappa shape index (κ1) is 17.1. The molecule has 2 aromatic rings. The molecule has 108 valence electrons. The zero-order valence-electron chi connectivity index (χ0n) is 10.7. The zero-order valence-corrected chi connectivity index (χ0v) is 13.1. The molecule has 3 N–H and O–H groups in total. The van der Waals surface area contributed by atoms with Crippen LogP contribution in [0.4, 0.5) is 4.39 Å². The van der Waals surface area contributed by atoms with Gasteiger partial charge in [0.25, 0.3) is 0 Å². The Morgan fingerprint density at radius 2 is 1.75 bits per heavy atom. The molecule has 0 heterocycles. The molecule has 0 aliphatic heterocycles. The molecule has 2 rings (SSSR count). The third-order valence-electron chi connectivity index (χ3n) is 3.04. The maximum atomic E-state index is 13.4. The number of benzene rings is 2. The van der Waals surface area contributed by atoms with Crippen molar-refractivity contribution in [2.24, 2.45) is 5.73 Å². The highest BCUT2D eigenvalue weighted by atomic mass is 79.9. The summed E-state index contributed by atoms with van der Waals surface area (Å²) in [5, 5.41) is 10.2. The Hall–Kier alpha value is -0.940. The van der Waals surface area contributed by atoms with Crippen molar-refractivity contribution < 1.29 is 9.50 Å². The maximum Gasteiger partial charge on any atom is 0.137 e. The van der Waals surface area contributed by atoms with Crippen LogP contribution in [0.25, 0.3) is 0 Å². The summed E-state index contributed by atoms with van der Waals surface area (Å²) < 4.78 is 13.8. The van der Waals surface area contributed by atoms with Gasteiger partial charge in [-0.1, -0.05) is 42.5 Å². The van der Waals surface area contributed by atoms with Crippen molar-refractivity contribution in [3.05, 3.63) is 69.9 Å². The molecule has 0 aliphatic carbocycles. The highest BCUT2D eigenvalue weighted by molar-refractivity contribution is 9.10. The monoisotopic (exact) mass is 359 g/mol. The van der Waals surface area contributed by atoms with Gasteiger partial charge in [0.05, 0.1) is 16.6 Å². The Kier molecular flexibility index (Phi) is 6.62. The first-order valence-corrected chi connectivity index (χ1v) is 6.80.